The third-order valence-electron chi connectivity index (χ3n) is 5.50. The maximum Gasteiger partial charge on any atom is 0.348 e. The molecule has 0 saturated carbocycles. The molecule has 3 aromatic rings. The van der Waals surface area contributed by atoms with Crippen LogP contribution in [0.25, 0.3) is 0 Å². The van der Waals surface area contributed by atoms with E-state index in [1.54, 1.807) is 54.6 Å². The highest BCUT2D eigenvalue weighted by Gasteiger charge is 2.36. The summed E-state index contributed by atoms with van der Waals surface area (Å²) < 4.78 is 39.6. The molecule has 0 fully saturated rings. The molecule has 1 heterocycles. The number of carbonyl (C=O) groups is 2. The number of benzene rings is 3. The first-order valence-corrected chi connectivity index (χ1v) is 13.0. The van der Waals surface area contributed by atoms with Crippen LogP contribution >= 0.6 is 15.9 Å². The van der Waals surface area contributed by atoms with E-state index in [0.717, 1.165) is 14.3 Å². The Hall–Kier alpha value is -3.21. The van der Waals surface area contributed by atoms with E-state index in [0.29, 0.717) is 11.4 Å². The Morgan fingerprint density at radius 2 is 1.69 bits per heavy atom. The number of sulfonamides is 1. The Labute approximate surface area is 212 Å². The van der Waals surface area contributed by atoms with Crippen LogP contribution in [-0.4, -0.2) is 50.9 Å². The lowest BCUT2D eigenvalue weighted by Gasteiger charge is -2.34. The standard InChI is InChI=1S/C25H23BrN2O6S/c1-33-25(30)23-16-28(21-9-5-6-10-22(21)34-23)24(29)17-27(15-18-11-13-19(26)14-12-18)35(31,32)20-7-3-2-4-8-20/h2-14,23H,15-17H2,1H3/t23-/m0/s1. The first kappa shape index (κ1) is 24.9. The quantitative estimate of drug-likeness (QED) is 0.411. The number of rotatable bonds is 7. The van der Waals surface area contributed by atoms with Gasteiger partial charge in [-0.2, -0.15) is 4.31 Å². The maximum absolute atomic E-state index is 13.6. The number of para-hydroxylation sites is 2. The summed E-state index contributed by atoms with van der Waals surface area (Å²) in [6, 6.07) is 22.0. The third kappa shape index (κ3) is 5.55. The molecule has 0 aromatic heterocycles. The molecule has 10 heteroatoms. The summed E-state index contributed by atoms with van der Waals surface area (Å²) in [7, 11) is -2.76. The zero-order chi connectivity index (χ0) is 25.0. The lowest BCUT2D eigenvalue weighted by atomic mass is 10.2. The van der Waals surface area contributed by atoms with Gasteiger partial charge in [0.1, 0.15) is 5.75 Å². The van der Waals surface area contributed by atoms with Crippen molar-refractivity contribution in [1.82, 2.24) is 4.31 Å². The smallest absolute Gasteiger partial charge is 0.348 e. The molecule has 0 radical (unpaired) electrons. The number of methoxy groups -OCH3 is 1. The molecule has 0 aliphatic carbocycles. The molecule has 0 unspecified atom stereocenters. The molecular formula is C25H23BrN2O6S. The highest BCUT2D eigenvalue weighted by Crippen LogP contribution is 2.34. The number of anilines is 1. The van der Waals surface area contributed by atoms with Gasteiger partial charge in [0.05, 0.1) is 30.8 Å². The summed E-state index contributed by atoms with van der Waals surface area (Å²) in [6.07, 6.45) is -1.02. The second kappa shape index (κ2) is 10.6. The van der Waals surface area contributed by atoms with Gasteiger partial charge in [0.2, 0.25) is 22.0 Å². The monoisotopic (exact) mass is 558 g/mol. The lowest BCUT2D eigenvalue weighted by Crippen LogP contribution is -2.50. The number of hydrogen-bond donors (Lipinski definition) is 0. The van der Waals surface area contributed by atoms with E-state index in [1.807, 2.05) is 12.1 Å². The summed E-state index contributed by atoms with van der Waals surface area (Å²) in [6.45, 7) is -0.543. The van der Waals surface area contributed by atoms with Crippen molar-refractivity contribution in [3.05, 3.63) is 88.9 Å². The molecular weight excluding hydrogens is 536 g/mol. The Bertz CT molecular complexity index is 1320. The Morgan fingerprint density at radius 1 is 1.03 bits per heavy atom. The Balaban J connectivity index is 1.67. The number of esters is 1. The molecule has 0 N–H and O–H groups in total. The molecule has 1 aliphatic rings. The second-order valence-electron chi connectivity index (χ2n) is 7.81. The van der Waals surface area contributed by atoms with Gasteiger partial charge < -0.3 is 14.4 Å². The number of ether oxygens (including phenoxy) is 2. The zero-order valence-electron chi connectivity index (χ0n) is 18.8. The van der Waals surface area contributed by atoms with Gasteiger partial charge in [0.15, 0.2) is 0 Å². The van der Waals surface area contributed by atoms with E-state index in [1.165, 1.54) is 24.1 Å². The number of fused-ring (bicyclic) bond motifs is 1. The van der Waals surface area contributed by atoms with Gasteiger partial charge in [-0.05, 0) is 42.0 Å². The molecule has 1 amide bonds. The van der Waals surface area contributed by atoms with Crippen molar-refractivity contribution >= 4 is 43.5 Å². The molecule has 0 spiro atoms. The maximum atomic E-state index is 13.6. The largest absolute Gasteiger partial charge is 0.475 e. The average Bonchev–Trinajstić information content (AvgIpc) is 2.88. The van der Waals surface area contributed by atoms with Crippen molar-refractivity contribution in [2.24, 2.45) is 0 Å². The molecule has 182 valence electrons. The Kier molecular flexibility index (Phi) is 7.54. The van der Waals surface area contributed by atoms with Crippen LogP contribution < -0.4 is 9.64 Å². The van der Waals surface area contributed by atoms with Crippen molar-refractivity contribution in [2.45, 2.75) is 17.5 Å². The van der Waals surface area contributed by atoms with Gasteiger partial charge >= 0.3 is 5.97 Å². The fraction of sp³-hybridized carbons (Fsp3) is 0.200. The molecule has 0 bridgehead atoms. The summed E-state index contributed by atoms with van der Waals surface area (Å²) in [5.74, 6) is -0.778. The van der Waals surface area contributed by atoms with Crippen molar-refractivity contribution in [2.75, 3.05) is 25.1 Å². The first-order valence-electron chi connectivity index (χ1n) is 10.7. The molecule has 35 heavy (non-hydrogen) atoms. The Morgan fingerprint density at radius 3 is 2.37 bits per heavy atom. The average molecular weight is 559 g/mol. The van der Waals surface area contributed by atoms with E-state index < -0.39 is 34.5 Å². The van der Waals surface area contributed by atoms with Crippen LogP contribution in [-0.2, 0) is 30.9 Å². The van der Waals surface area contributed by atoms with Gasteiger partial charge in [-0.25, -0.2) is 13.2 Å². The van der Waals surface area contributed by atoms with Crippen molar-refractivity contribution in [3.63, 3.8) is 0 Å². The summed E-state index contributed by atoms with van der Waals surface area (Å²) in [5.41, 5.74) is 1.17. The number of hydrogen-bond acceptors (Lipinski definition) is 6. The molecule has 4 rings (SSSR count). The fourth-order valence-electron chi connectivity index (χ4n) is 3.72. The third-order valence-corrected chi connectivity index (χ3v) is 7.84. The van der Waals surface area contributed by atoms with Gasteiger partial charge in [-0.15, -0.1) is 0 Å². The zero-order valence-corrected chi connectivity index (χ0v) is 21.2. The number of amides is 1. The molecule has 8 nitrogen and oxygen atoms in total. The molecule has 3 aromatic carbocycles. The predicted molar refractivity (Wildman–Crippen MR) is 133 cm³/mol. The van der Waals surface area contributed by atoms with E-state index in [-0.39, 0.29) is 18.0 Å². The minimum atomic E-state index is -4.00. The number of nitrogens with zero attached hydrogens (tertiary/aromatic N) is 2. The predicted octanol–water partition coefficient (Wildman–Crippen LogP) is 3.61. The van der Waals surface area contributed by atoms with Gasteiger partial charge in [0, 0.05) is 11.0 Å². The van der Waals surface area contributed by atoms with Crippen LogP contribution in [0.3, 0.4) is 0 Å². The van der Waals surface area contributed by atoms with Gasteiger partial charge in [-0.3, -0.25) is 4.79 Å². The first-order chi connectivity index (χ1) is 16.8. The van der Waals surface area contributed by atoms with Crippen molar-refractivity contribution < 1.29 is 27.5 Å². The summed E-state index contributed by atoms with van der Waals surface area (Å²) >= 11 is 3.38. The van der Waals surface area contributed by atoms with Crippen LogP contribution in [0.2, 0.25) is 0 Å². The van der Waals surface area contributed by atoms with Crippen LogP contribution in [0.5, 0.6) is 5.75 Å². The SMILES string of the molecule is COC(=O)[C@@H]1CN(C(=O)CN(Cc2ccc(Br)cc2)S(=O)(=O)c2ccccc2)c2ccccc2O1. The topological polar surface area (TPSA) is 93.2 Å². The van der Waals surface area contributed by atoms with Crippen molar-refractivity contribution in [3.8, 4) is 5.75 Å². The molecule has 0 saturated heterocycles. The highest BCUT2D eigenvalue weighted by molar-refractivity contribution is 9.10. The number of carbonyl (C=O) groups excluding carboxylic acids is 2. The van der Waals surface area contributed by atoms with Crippen LogP contribution in [0.15, 0.2) is 88.2 Å². The van der Waals surface area contributed by atoms with E-state index in [9.17, 15) is 18.0 Å². The molecule has 1 atom stereocenters. The molecule has 1 aliphatic heterocycles. The van der Waals surface area contributed by atoms with E-state index in [2.05, 4.69) is 15.9 Å². The van der Waals surface area contributed by atoms with Crippen LogP contribution in [0, 0.1) is 0 Å². The van der Waals surface area contributed by atoms with Crippen LogP contribution in [0.1, 0.15) is 5.56 Å². The summed E-state index contributed by atoms with van der Waals surface area (Å²) in [5, 5.41) is 0. The van der Waals surface area contributed by atoms with E-state index in [4.69, 9.17) is 9.47 Å². The van der Waals surface area contributed by atoms with Gasteiger partial charge in [0.25, 0.3) is 0 Å². The van der Waals surface area contributed by atoms with Crippen LogP contribution in [0.4, 0.5) is 5.69 Å². The highest BCUT2D eigenvalue weighted by atomic mass is 79.9. The number of halogens is 1. The van der Waals surface area contributed by atoms with Gasteiger partial charge in [-0.1, -0.05) is 58.4 Å². The van der Waals surface area contributed by atoms with Crippen molar-refractivity contribution in [1.29, 1.82) is 0 Å². The lowest BCUT2D eigenvalue weighted by molar-refractivity contribution is -0.148. The minimum absolute atomic E-state index is 0.0112. The van der Waals surface area contributed by atoms with E-state index >= 15 is 0 Å². The summed E-state index contributed by atoms with van der Waals surface area (Å²) in [4.78, 5) is 27.2. The minimum Gasteiger partial charge on any atom is -0.475 e. The normalized spacial score (nSPS) is 15.3. The fourth-order valence-corrected chi connectivity index (χ4v) is 5.38. The second-order valence-corrected chi connectivity index (χ2v) is 10.7.